The van der Waals surface area contributed by atoms with Crippen molar-refractivity contribution in [2.24, 2.45) is 7.05 Å². The maximum Gasteiger partial charge on any atom is 0.211 e. The fraction of sp³-hybridized carbons (Fsp3) is 0.769. The van der Waals surface area contributed by atoms with Gasteiger partial charge < -0.3 is 14.8 Å². The number of hydrogen-bond acceptors (Lipinski definition) is 4. The summed E-state index contributed by atoms with van der Waals surface area (Å²) in [6.45, 7) is 6.65. The Labute approximate surface area is 109 Å². The molecule has 1 heterocycles. The highest BCUT2D eigenvalue weighted by molar-refractivity contribution is 5.18. The second kappa shape index (κ2) is 8.11. The van der Waals surface area contributed by atoms with Gasteiger partial charge >= 0.3 is 0 Å². The summed E-state index contributed by atoms with van der Waals surface area (Å²) in [6, 6.07) is 2.09. The summed E-state index contributed by atoms with van der Waals surface area (Å²) in [4.78, 5) is 0. The first-order valence-corrected chi connectivity index (χ1v) is 6.61. The molecule has 1 aromatic rings. The van der Waals surface area contributed by atoms with Crippen LogP contribution in [0.4, 0.5) is 0 Å². The predicted octanol–water partition coefficient (Wildman–Crippen LogP) is 1.90. The molecule has 1 rings (SSSR count). The molecule has 18 heavy (non-hydrogen) atoms. The van der Waals surface area contributed by atoms with Gasteiger partial charge in [0.05, 0.1) is 25.5 Å². The highest BCUT2D eigenvalue weighted by Crippen LogP contribution is 2.18. The van der Waals surface area contributed by atoms with Gasteiger partial charge in [-0.25, -0.2) is 4.68 Å². The van der Waals surface area contributed by atoms with Gasteiger partial charge in [-0.1, -0.05) is 13.8 Å². The zero-order valence-corrected chi connectivity index (χ0v) is 11.9. The number of nitrogens with one attached hydrogen (secondary N) is 1. The van der Waals surface area contributed by atoms with Gasteiger partial charge in [0.15, 0.2) is 0 Å². The summed E-state index contributed by atoms with van der Waals surface area (Å²) in [5.74, 6) is 0.767. The van der Waals surface area contributed by atoms with Crippen molar-refractivity contribution in [3.8, 4) is 5.88 Å². The van der Waals surface area contributed by atoms with E-state index in [9.17, 15) is 0 Å². The lowest BCUT2D eigenvalue weighted by atomic mass is 10.2. The van der Waals surface area contributed by atoms with Crippen molar-refractivity contribution >= 4 is 0 Å². The Kier molecular flexibility index (Phi) is 6.75. The number of methoxy groups -OCH3 is 1. The molecule has 1 N–H and O–H groups in total. The van der Waals surface area contributed by atoms with Crippen LogP contribution in [-0.4, -0.2) is 36.6 Å². The molecule has 1 atom stereocenters. The maximum absolute atomic E-state index is 5.63. The number of hydrogen-bond donors (Lipinski definition) is 1. The molecular weight excluding hydrogens is 230 g/mol. The van der Waals surface area contributed by atoms with Crippen molar-refractivity contribution in [3.05, 3.63) is 11.8 Å². The van der Waals surface area contributed by atoms with Crippen LogP contribution < -0.4 is 10.1 Å². The SMILES string of the molecule is CCCNC(COCCC)c1cc(OC)n(C)n1. The Bertz CT molecular complexity index is 339. The van der Waals surface area contributed by atoms with Gasteiger partial charge in [0.2, 0.25) is 5.88 Å². The van der Waals surface area contributed by atoms with E-state index in [0.717, 1.165) is 37.6 Å². The molecule has 0 bridgehead atoms. The molecule has 0 aliphatic carbocycles. The summed E-state index contributed by atoms with van der Waals surface area (Å²) >= 11 is 0. The minimum absolute atomic E-state index is 0.131. The predicted molar refractivity (Wildman–Crippen MR) is 71.9 cm³/mol. The van der Waals surface area contributed by atoms with E-state index >= 15 is 0 Å². The second-order valence-corrected chi connectivity index (χ2v) is 4.32. The van der Waals surface area contributed by atoms with E-state index in [1.807, 2.05) is 13.1 Å². The van der Waals surface area contributed by atoms with Crippen molar-refractivity contribution < 1.29 is 9.47 Å². The Morgan fingerprint density at radius 3 is 2.72 bits per heavy atom. The average Bonchev–Trinajstić information content (AvgIpc) is 2.75. The lowest BCUT2D eigenvalue weighted by molar-refractivity contribution is 0.110. The van der Waals surface area contributed by atoms with E-state index in [4.69, 9.17) is 9.47 Å². The van der Waals surface area contributed by atoms with E-state index < -0.39 is 0 Å². The third kappa shape index (κ3) is 4.31. The van der Waals surface area contributed by atoms with Crippen LogP contribution in [0.3, 0.4) is 0 Å². The summed E-state index contributed by atoms with van der Waals surface area (Å²) < 4.78 is 12.6. The number of aryl methyl sites for hydroxylation is 1. The molecule has 1 unspecified atom stereocenters. The molecule has 0 saturated heterocycles. The largest absolute Gasteiger partial charge is 0.481 e. The summed E-state index contributed by atoms with van der Waals surface area (Å²) in [5, 5.41) is 7.92. The first-order chi connectivity index (χ1) is 8.72. The van der Waals surface area contributed by atoms with Crippen LogP contribution in [0.1, 0.15) is 38.4 Å². The van der Waals surface area contributed by atoms with E-state index in [1.165, 1.54) is 0 Å². The normalized spacial score (nSPS) is 12.7. The molecule has 104 valence electrons. The fourth-order valence-corrected chi connectivity index (χ4v) is 1.75. The molecule has 5 nitrogen and oxygen atoms in total. The molecule has 0 aliphatic heterocycles. The van der Waals surface area contributed by atoms with Gasteiger partial charge in [0.25, 0.3) is 0 Å². The lowest BCUT2D eigenvalue weighted by Crippen LogP contribution is -2.27. The monoisotopic (exact) mass is 255 g/mol. The molecule has 0 saturated carbocycles. The van der Waals surface area contributed by atoms with Crippen molar-refractivity contribution in [2.45, 2.75) is 32.7 Å². The van der Waals surface area contributed by atoms with Gasteiger partial charge in [-0.2, -0.15) is 5.10 Å². The second-order valence-electron chi connectivity index (χ2n) is 4.32. The van der Waals surface area contributed by atoms with Crippen LogP contribution in [0.25, 0.3) is 0 Å². The standard InChI is InChI=1S/C13H25N3O2/c1-5-7-14-12(10-18-8-6-2)11-9-13(17-4)16(3)15-11/h9,12,14H,5-8,10H2,1-4H3. The Balaban J connectivity index is 2.66. The maximum atomic E-state index is 5.63. The van der Waals surface area contributed by atoms with E-state index in [0.29, 0.717) is 6.61 Å². The van der Waals surface area contributed by atoms with Crippen molar-refractivity contribution in [2.75, 3.05) is 26.9 Å². The zero-order valence-electron chi connectivity index (χ0n) is 11.9. The molecule has 0 radical (unpaired) electrons. The van der Waals surface area contributed by atoms with Crippen molar-refractivity contribution in [3.63, 3.8) is 0 Å². The molecule has 0 aromatic carbocycles. The van der Waals surface area contributed by atoms with Crippen LogP contribution in [0.5, 0.6) is 5.88 Å². The number of nitrogens with zero attached hydrogens (tertiary/aromatic N) is 2. The first-order valence-electron chi connectivity index (χ1n) is 6.61. The summed E-state index contributed by atoms with van der Waals surface area (Å²) in [6.07, 6.45) is 2.13. The Morgan fingerprint density at radius 2 is 2.17 bits per heavy atom. The molecule has 0 fully saturated rings. The molecule has 0 aliphatic rings. The van der Waals surface area contributed by atoms with Crippen LogP contribution in [0, 0.1) is 0 Å². The van der Waals surface area contributed by atoms with E-state index in [1.54, 1.807) is 11.8 Å². The van der Waals surface area contributed by atoms with Crippen LogP contribution >= 0.6 is 0 Å². The lowest BCUT2D eigenvalue weighted by Gasteiger charge is -2.16. The number of ether oxygens (including phenoxy) is 2. The van der Waals surface area contributed by atoms with E-state index in [2.05, 4.69) is 24.3 Å². The van der Waals surface area contributed by atoms with Gasteiger partial charge in [0.1, 0.15) is 0 Å². The van der Waals surface area contributed by atoms with Gasteiger partial charge in [0, 0.05) is 19.7 Å². The highest BCUT2D eigenvalue weighted by Gasteiger charge is 2.16. The Morgan fingerprint density at radius 1 is 1.39 bits per heavy atom. The molecule has 5 heteroatoms. The van der Waals surface area contributed by atoms with Crippen LogP contribution in [-0.2, 0) is 11.8 Å². The van der Waals surface area contributed by atoms with Crippen molar-refractivity contribution in [1.29, 1.82) is 0 Å². The highest BCUT2D eigenvalue weighted by atomic mass is 16.5. The molecule has 1 aromatic heterocycles. The van der Waals surface area contributed by atoms with Crippen LogP contribution in [0.2, 0.25) is 0 Å². The molecular formula is C13H25N3O2. The third-order valence-corrected chi connectivity index (χ3v) is 2.70. The van der Waals surface area contributed by atoms with Crippen molar-refractivity contribution in [1.82, 2.24) is 15.1 Å². The topological polar surface area (TPSA) is 48.3 Å². The zero-order chi connectivity index (χ0) is 13.4. The van der Waals surface area contributed by atoms with Gasteiger partial charge in [-0.3, -0.25) is 0 Å². The van der Waals surface area contributed by atoms with E-state index in [-0.39, 0.29) is 6.04 Å². The smallest absolute Gasteiger partial charge is 0.211 e. The molecule has 0 spiro atoms. The minimum Gasteiger partial charge on any atom is -0.481 e. The first kappa shape index (κ1) is 15.0. The summed E-state index contributed by atoms with van der Waals surface area (Å²) in [7, 11) is 3.54. The average molecular weight is 255 g/mol. The molecule has 0 amide bonds. The summed E-state index contributed by atoms with van der Waals surface area (Å²) in [5.41, 5.74) is 0.971. The van der Waals surface area contributed by atoms with Crippen LogP contribution in [0.15, 0.2) is 6.07 Å². The quantitative estimate of drug-likeness (QED) is 0.685. The fourth-order valence-electron chi connectivity index (χ4n) is 1.75. The number of rotatable bonds is 9. The van der Waals surface area contributed by atoms with Gasteiger partial charge in [-0.15, -0.1) is 0 Å². The Hall–Kier alpha value is -1.07. The third-order valence-electron chi connectivity index (χ3n) is 2.70. The number of aromatic nitrogens is 2. The van der Waals surface area contributed by atoms with Gasteiger partial charge in [-0.05, 0) is 19.4 Å². The minimum atomic E-state index is 0.131.